The predicted molar refractivity (Wildman–Crippen MR) is 65.6 cm³/mol. The van der Waals surface area contributed by atoms with Gasteiger partial charge in [-0.15, -0.1) is 0 Å². The van der Waals surface area contributed by atoms with Gasteiger partial charge in [-0.25, -0.2) is 4.39 Å². The first kappa shape index (κ1) is 15.5. The van der Waals surface area contributed by atoms with E-state index in [1.165, 1.54) is 0 Å². The average molecular weight is 274 g/mol. The molecule has 1 atom stereocenters. The molecule has 106 valence electrons. The number of hydrogen-bond acceptors (Lipinski definition) is 4. The van der Waals surface area contributed by atoms with Crippen molar-refractivity contribution in [2.75, 3.05) is 6.54 Å². The second-order valence-corrected chi connectivity index (χ2v) is 4.61. The summed E-state index contributed by atoms with van der Waals surface area (Å²) in [6.07, 6.45) is 0.506. The van der Waals surface area contributed by atoms with E-state index in [0.717, 1.165) is 6.07 Å². The van der Waals surface area contributed by atoms with E-state index in [2.05, 4.69) is 5.32 Å². The highest BCUT2D eigenvalue weighted by molar-refractivity contribution is 5.37. The Morgan fingerprint density at radius 2 is 2.05 bits per heavy atom. The van der Waals surface area contributed by atoms with Crippen molar-refractivity contribution < 1.29 is 18.8 Å². The van der Waals surface area contributed by atoms with E-state index < -0.39 is 27.8 Å². The molecular formula is C12H16F2N2O3. The van der Waals surface area contributed by atoms with Crippen molar-refractivity contribution in [3.05, 3.63) is 39.4 Å². The van der Waals surface area contributed by atoms with Crippen LogP contribution in [0.2, 0.25) is 0 Å². The smallest absolute Gasteiger partial charge is 0.305 e. The lowest BCUT2D eigenvalue weighted by atomic mass is 10.0. The number of nitrogens with one attached hydrogen (secondary N) is 1. The number of halogens is 2. The predicted octanol–water partition coefficient (Wildman–Crippen LogP) is 2.12. The van der Waals surface area contributed by atoms with Crippen LogP contribution in [0.25, 0.3) is 0 Å². The Bertz CT molecular complexity index is 478. The van der Waals surface area contributed by atoms with Gasteiger partial charge in [-0.1, -0.05) is 6.92 Å². The molecule has 0 aromatic heterocycles. The third-order valence-corrected chi connectivity index (χ3v) is 2.90. The molecule has 5 nitrogen and oxygen atoms in total. The van der Waals surface area contributed by atoms with E-state index in [9.17, 15) is 24.0 Å². The van der Waals surface area contributed by atoms with Crippen molar-refractivity contribution >= 4 is 5.69 Å². The summed E-state index contributed by atoms with van der Waals surface area (Å²) in [6.45, 7) is 3.59. The van der Waals surface area contributed by atoms with Crippen LogP contribution >= 0.6 is 0 Å². The third-order valence-electron chi connectivity index (χ3n) is 2.90. The minimum atomic E-state index is -1.20. The van der Waals surface area contributed by atoms with Crippen LogP contribution in [0.1, 0.15) is 25.8 Å². The quantitative estimate of drug-likeness (QED) is 0.615. The number of benzene rings is 1. The van der Waals surface area contributed by atoms with E-state index in [0.29, 0.717) is 12.5 Å². The molecular weight excluding hydrogens is 258 g/mol. The molecule has 0 saturated carbocycles. The Morgan fingerprint density at radius 1 is 1.42 bits per heavy atom. The van der Waals surface area contributed by atoms with Crippen LogP contribution in [-0.2, 0) is 6.54 Å². The maximum atomic E-state index is 13.4. The molecule has 0 spiro atoms. The average Bonchev–Trinajstić information content (AvgIpc) is 2.31. The first-order chi connectivity index (χ1) is 8.76. The minimum Gasteiger partial charge on any atom is -0.389 e. The summed E-state index contributed by atoms with van der Waals surface area (Å²) < 4.78 is 26.5. The topological polar surface area (TPSA) is 75.4 Å². The van der Waals surface area contributed by atoms with Crippen molar-refractivity contribution in [1.29, 1.82) is 0 Å². The fraction of sp³-hybridized carbons (Fsp3) is 0.500. The Hall–Kier alpha value is -1.60. The van der Waals surface area contributed by atoms with Crippen molar-refractivity contribution in [3.8, 4) is 0 Å². The largest absolute Gasteiger partial charge is 0.389 e. The second kappa shape index (κ2) is 6.03. The zero-order valence-corrected chi connectivity index (χ0v) is 10.7. The molecule has 1 unspecified atom stereocenters. The van der Waals surface area contributed by atoms with Gasteiger partial charge in [-0.05, 0) is 13.3 Å². The van der Waals surface area contributed by atoms with E-state index in [4.69, 9.17) is 0 Å². The van der Waals surface area contributed by atoms with E-state index >= 15 is 0 Å². The molecule has 0 radical (unpaired) electrons. The summed E-state index contributed by atoms with van der Waals surface area (Å²) in [5.74, 6) is -2.06. The molecule has 0 heterocycles. The molecule has 0 bridgehead atoms. The molecule has 0 aliphatic heterocycles. The summed E-state index contributed by atoms with van der Waals surface area (Å²) >= 11 is 0. The van der Waals surface area contributed by atoms with E-state index in [1.54, 1.807) is 13.8 Å². The van der Waals surface area contributed by atoms with Gasteiger partial charge in [0.05, 0.1) is 10.5 Å². The zero-order chi connectivity index (χ0) is 14.6. The van der Waals surface area contributed by atoms with Crippen molar-refractivity contribution in [1.82, 2.24) is 5.32 Å². The van der Waals surface area contributed by atoms with Gasteiger partial charge in [0.25, 0.3) is 0 Å². The molecule has 0 amide bonds. The number of rotatable bonds is 6. The number of aliphatic hydroxyl groups is 1. The molecule has 1 aromatic rings. The van der Waals surface area contributed by atoms with E-state index in [1.807, 2.05) is 0 Å². The van der Waals surface area contributed by atoms with Crippen molar-refractivity contribution in [2.24, 2.45) is 0 Å². The fourth-order valence-electron chi connectivity index (χ4n) is 1.45. The maximum absolute atomic E-state index is 13.4. The molecule has 2 N–H and O–H groups in total. The van der Waals surface area contributed by atoms with Gasteiger partial charge in [-0.2, -0.15) is 4.39 Å². The Labute approximate surface area is 109 Å². The van der Waals surface area contributed by atoms with Gasteiger partial charge in [-0.3, -0.25) is 10.1 Å². The fourth-order valence-corrected chi connectivity index (χ4v) is 1.45. The highest BCUT2D eigenvalue weighted by Crippen LogP contribution is 2.21. The van der Waals surface area contributed by atoms with Crippen molar-refractivity contribution in [2.45, 2.75) is 32.4 Å². The maximum Gasteiger partial charge on any atom is 0.305 e. The van der Waals surface area contributed by atoms with Crippen LogP contribution in [0.3, 0.4) is 0 Å². The summed E-state index contributed by atoms with van der Waals surface area (Å²) in [5, 5.41) is 23.1. The molecule has 0 fully saturated rings. The number of nitro benzene ring substituents is 1. The van der Waals surface area contributed by atoms with Gasteiger partial charge in [0.15, 0.2) is 0 Å². The lowest BCUT2D eigenvalue weighted by molar-refractivity contribution is -0.387. The molecule has 0 aliphatic carbocycles. The molecule has 19 heavy (non-hydrogen) atoms. The summed E-state index contributed by atoms with van der Waals surface area (Å²) in [4.78, 5) is 9.65. The number of nitrogens with zero attached hydrogens (tertiary/aromatic N) is 1. The van der Waals surface area contributed by atoms with Gasteiger partial charge in [0.2, 0.25) is 5.82 Å². The summed E-state index contributed by atoms with van der Waals surface area (Å²) in [7, 11) is 0. The monoisotopic (exact) mass is 274 g/mol. The van der Waals surface area contributed by atoms with Crippen LogP contribution in [0.4, 0.5) is 14.5 Å². The molecule has 0 aliphatic rings. The first-order valence-corrected chi connectivity index (χ1v) is 5.82. The summed E-state index contributed by atoms with van der Waals surface area (Å²) in [6, 6.07) is 1.35. The minimum absolute atomic E-state index is 0.0139. The molecule has 7 heteroatoms. The van der Waals surface area contributed by atoms with Crippen LogP contribution in [0, 0.1) is 21.7 Å². The van der Waals surface area contributed by atoms with Gasteiger partial charge < -0.3 is 10.4 Å². The zero-order valence-electron chi connectivity index (χ0n) is 10.7. The second-order valence-electron chi connectivity index (χ2n) is 4.61. The van der Waals surface area contributed by atoms with E-state index in [-0.39, 0.29) is 18.7 Å². The normalized spacial score (nSPS) is 14.2. The van der Waals surface area contributed by atoms with Crippen LogP contribution < -0.4 is 5.32 Å². The molecule has 1 aromatic carbocycles. The highest BCUT2D eigenvalue weighted by atomic mass is 19.1. The Morgan fingerprint density at radius 3 is 2.58 bits per heavy atom. The van der Waals surface area contributed by atoms with Crippen LogP contribution in [0.15, 0.2) is 12.1 Å². The SMILES string of the molecule is CCC(C)(O)CNCc1cc([N+](=O)[O-])c(F)cc1F. The van der Waals surface area contributed by atoms with Gasteiger partial charge in [0.1, 0.15) is 5.82 Å². The third kappa shape index (κ3) is 4.22. The van der Waals surface area contributed by atoms with Crippen molar-refractivity contribution in [3.63, 3.8) is 0 Å². The highest BCUT2D eigenvalue weighted by Gasteiger charge is 2.20. The number of hydrogen-bond donors (Lipinski definition) is 2. The standard InChI is InChI=1S/C12H16F2N2O3/c1-3-12(2,17)7-15-6-8-4-11(16(18)19)10(14)5-9(8)13/h4-5,15,17H,3,6-7H2,1-2H3. The molecule has 1 rings (SSSR count). The first-order valence-electron chi connectivity index (χ1n) is 5.82. The van der Waals surface area contributed by atoms with Gasteiger partial charge >= 0.3 is 5.69 Å². The van der Waals surface area contributed by atoms with Gasteiger partial charge in [0, 0.05) is 30.8 Å². The van der Waals surface area contributed by atoms with Crippen LogP contribution in [0.5, 0.6) is 0 Å². The molecule has 0 saturated heterocycles. The lowest BCUT2D eigenvalue weighted by Gasteiger charge is -2.21. The lowest BCUT2D eigenvalue weighted by Crippen LogP contribution is -2.36. The van der Waals surface area contributed by atoms with Crippen LogP contribution in [-0.4, -0.2) is 22.2 Å². The Balaban J connectivity index is 2.79. The summed E-state index contributed by atoms with van der Waals surface area (Å²) in [5.41, 5.74) is -1.72. The Kier molecular flexibility index (Phi) is 4.90. The number of nitro groups is 1.